The molecule has 1 rings (SSSR count). The number of carbonyl (C=O) groups is 4. The number of nitrogens with zero attached hydrogens (tertiary/aromatic N) is 3. The average Bonchev–Trinajstić information content (AvgIpc) is 3.38. The van der Waals surface area contributed by atoms with Crippen molar-refractivity contribution in [1.29, 1.82) is 0 Å². The second-order valence-corrected chi connectivity index (χ2v) is 10.8. The van der Waals surface area contributed by atoms with Crippen LogP contribution in [0.3, 0.4) is 0 Å². The molecule has 0 saturated heterocycles. The van der Waals surface area contributed by atoms with Crippen LogP contribution >= 0.6 is 0 Å². The number of hydrogen-bond acceptors (Lipinski definition) is 10. The zero-order chi connectivity index (χ0) is 32.8. The second kappa shape index (κ2) is 21.7. The highest BCUT2D eigenvalue weighted by Gasteiger charge is 2.43. The largest absolute Gasteiger partial charge is 0.481 e. The van der Waals surface area contributed by atoms with E-state index in [9.17, 15) is 34.4 Å². The van der Waals surface area contributed by atoms with Crippen LogP contribution in [-0.2, 0) is 28.7 Å². The van der Waals surface area contributed by atoms with Crippen LogP contribution in [0.5, 0.6) is 0 Å². The molecule has 0 aromatic rings. The van der Waals surface area contributed by atoms with Gasteiger partial charge >= 0.3 is 23.7 Å². The molecule has 3 atom stereocenters. The maximum absolute atomic E-state index is 12.3. The van der Waals surface area contributed by atoms with Gasteiger partial charge < -0.3 is 24.7 Å². The number of Topliss-reactive ketones (excluding diaryl/α,β-unsaturated/α-hetero) is 1. The molecule has 1 N–H and O–H groups in total. The van der Waals surface area contributed by atoms with Crippen molar-refractivity contribution >= 4 is 35.7 Å². The van der Waals surface area contributed by atoms with Crippen LogP contribution in [0.4, 0.5) is 0 Å². The summed E-state index contributed by atoms with van der Waals surface area (Å²) < 4.78 is 10.3. The normalized spacial score (nSPS) is 17.7. The minimum atomic E-state index is -1.66. The lowest BCUT2D eigenvalue weighted by Gasteiger charge is -2.18. The summed E-state index contributed by atoms with van der Waals surface area (Å²) in [7, 11) is 0. The van der Waals surface area contributed by atoms with Crippen LogP contribution in [-0.4, -0.2) is 64.1 Å². The van der Waals surface area contributed by atoms with Crippen molar-refractivity contribution in [2.24, 2.45) is 15.9 Å². The molecule has 1 aliphatic heterocycles. The first-order valence-electron chi connectivity index (χ1n) is 15.3. The van der Waals surface area contributed by atoms with Gasteiger partial charge in [-0.05, 0) is 68.2 Å². The van der Waals surface area contributed by atoms with Crippen LogP contribution < -0.4 is 0 Å². The molecule has 1 aliphatic rings. The molecule has 0 radical (unpaired) electrons. The Kier molecular flexibility index (Phi) is 18.8. The monoisotopic (exact) mass is 617 g/mol. The predicted molar refractivity (Wildman–Crippen MR) is 167 cm³/mol. The van der Waals surface area contributed by atoms with Crippen molar-refractivity contribution in [3.8, 4) is 0 Å². The number of unbranched alkanes of at least 4 members (excludes halogenated alkanes) is 5. The number of carbonyl (C=O) groups excluding carboxylic acids is 3. The first kappa shape index (κ1) is 38.1. The van der Waals surface area contributed by atoms with Gasteiger partial charge in [-0.3, -0.25) is 19.2 Å². The van der Waals surface area contributed by atoms with Gasteiger partial charge in [0.05, 0.1) is 25.0 Å². The summed E-state index contributed by atoms with van der Waals surface area (Å²) >= 11 is 0. The molecular formula is C32H47N3O9. The van der Waals surface area contributed by atoms with Gasteiger partial charge in [0.25, 0.3) is 5.66 Å². The van der Waals surface area contributed by atoms with Crippen LogP contribution in [0.25, 0.3) is 0 Å². The first-order chi connectivity index (χ1) is 21.0. The van der Waals surface area contributed by atoms with Gasteiger partial charge in [0, 0.05) is 19.8 Å². The molecule has 1 heterocycles. The fourth-order valence-electron chi connectivity index (χ4n) is 4.27. The van der Waals surface area contributed by atoms with Crippen molar-refractivity contribution in [1.82, 2.24) is 0 Å². The molecule has 0 amide bonds. The maximum atomic E-state index is 12.3. The highest BCUT2D eigenvalue weighted by molar-refractivity contribution is 6.28. The molecule has 0 aromatic carbocycles. The van der Waals surface area contributed by atoms with E-state index in [1.54, 1.807) is 6.92 Å². The van der Waals surface area contributed by atoms with Crippen molar-refractivity contribution in [3.05, 3.63) is 46.6 Å². The van der Waals surface area contributed by atoms with E-state index in [0.29, 0.717) is 6.42 Å². The Bertz CT molecular complexity index is 1110. The number of carboxylic acid groups (broad SMARTS) is 1. The van der Waals surface area contributed by atoms with Crippen molar-refractivity contribution in [3.63, 3.8) is 0 Å². The molecule has 0 saturated carbocycles. The fourth-order valence-corrected chi connectivity index (χ4v) is 4.27. The smallest absolute Gasteiger partial charge is 0.379 e. The molecule has 0 bridgehead atoms. The number of amidine groups is 1. The van der Waals surface area contributed by atoms with E-state index in [2.05, 4.69) is 53.4 Å². The number of ether oxygens (including phenoxy) is 2. The fraction of sp³-hybridized carbons (Fsp3) is 0.625. The lowest BCUT2D eigenvalue weighted by molar-refractivity contribution is -0.345. The standard InChI is InChI=1S/C32H47N3O9/c1-4-5-6-7-8-9-10-11-12-13-14-15-16-17-18-19-29(37)44-25(2)22-26(31(39)40)23-30(38)43-21-20-27(36)32(3)33-24-28(34-32)35(41)42/h8-9,11-12,14-15,24-26H,4-7,10,13,16-23H2,1-3H3,(H,39,40)/b9-8-,12-11-,15-14-/t25-,26?,32?/m0/s1. The van der Waals surface area contributed by atoms with Crippen LogP contribution in [0, 0.1) is 16.0 Å². The lowest BCUT2D eigenvalue weighted by atomic mass is 9.98. The summed E-state index contributed by atoms with van der Waals surface area (Å²) in [6.45, 7) is 4.72. The number of aliphatic carboxylic acids is 1. The van der Waals surface area contributed by atoms with Gasteiger partial charge in [-0.25, -0.2) is 4.99 Å². The first-order valence-corrected chi connectivity index (χ1v) is 15.3. The summed E-state index contributed by atoms with van der Waals surface area (Å²) in [5.74, 6) is -4.78. The number of rotatable bonds is 23. The van der Waals surface area contributed by atoms with Crippen molar-refractivity contribution in [2.75, 3.05) is 6.61 Å². The van der Waals surface area contributed by atoms with Gasteiger partial charge in [-0.1, -0.05) is 56.2 Å². The third-order valence-corrected chi connectivity index (χ3v) is 6.80. The second-order valence-electron chi connectivity index (χ2n) is 10.8. The molecular weight excluding hydrogens is 570 g/mol. The highest BCUT2D eigenvalue weighted by Crippen LogP contribution is 2.21. The van der Waals surface area contributed by atoms with Crippen LogP contribution in [0.1, 0.15) is 104 Å². The molecule has 0 aliphatic carbocycles. The van der Waals surface area contributed by atoms with E-state index >= 15 is 0 Å². The summed E-state index contributed by atoms with van der Waals surface area (Å²) in [6, 6.07) is 0. The van der Waals surface area contributed by atoms with Crippen LogP contribution in [0.15, 0.2) is 46.4 Å². The molecule has 0 fully saturated rings. The molecule has 244 valence electrons. The predicted octanol–water partition coefficient (Wildman–Crippen LogP) is 5.97. The molecule has 2 unspecified atom stereocenters. The van der Waals surface area contributed by atoms with E-state index in [-0.39, 0.29) is 25.9 Å². The van der Waals surface area contributed by atoms with E-state index in [4.69, 9.17) is 9.47 Å². The van der Waals surface area contributed by atoms with Crippen LogP contribution in [0.2, 0.25) is 0 Å². The Balaban J connectivity index is 2.24. The quantitative estimate of drug-likeness (QED) is 0.0476. The summed E-state index contributed by atoms with van der Waals surface area (Å²) in [4.78, 5) is 65.8. The summed E-state index contributed by atoms with van der Waals surface area (Å²) in [6.07, 6.45) is 21.5. The SMILES string of the molecule is CCCCC/C=C\C/C=C\C/C=C\CCCCC(=O)O[C@@H](C)CC(CC(=O)OCCC(=O)C1(C)N=CC([N+](=O)[O-])=N1)C(=O)O. The Hall–Kier alpha value is -3.96. The summed E-state index contributed by atoms with van der Waals surface area (Å²) in [5, 5.41) is 20.3. The van der Waals surface area contributed by atoms with Crippen molar-refractivity contribution in [2.45, 2.75) is 116 Å². The van der Waals surface area contributed by atoms with Gasteiger partial charge in [-0.15, -0.1) is 0 Å². The number of ketones is 1. The summed E-state index contributed by atoms with van der Waals surface area (Å²) in [5.41, 5.74) is -1.66. The Labute approximate surface area is 259 Å². The van der Waals surface area contributed by atoms with E-state index in [1.165, 1.54) is 26.2 Å². The highest BCUT2D eigenvalue weighted by atomic mass is 16.6. The van der Waals surface area contributed by atoms with Gasteiger partial charge in [-0.2, -0.15) is 0 Å². The topological polar surface area (TPSA) is 175 Å². The molecule has 12 heteroatoms. The van der Waals surface area contributed by atoms with Gasteiger partial charge in [0.15, 0.2) is 0 Å². The molecule has 44 heavy (non-hydrogen) atoms. The van der Waals surface area contributed by atoms with E-state index in [1.807, 2.05) is 0 Å². The Morgan fingerprint density at radius 3 is 2.16 bits per heavy atom. The number of allylic oxidation sites excluding steroid dienone is 6. The zero-order valence-corrected chi connectivity index (χ0v) is 26.2. The Morgan fingerprint density at radius 2 is 1.59 bits per heavy atom. The number of carboxylic acids is 1. The minimum absolute atomic E-state index is 0.0782. The van der Waals surface area contributed by atoms with E-state index in [0.717, 1.165) is 38.3 Å². The number of aliphatic imine (C=N–C) groups is 2. The van der Waals surface area contributed by atoms with Gasteiger partial charge in [0.1, 0.15) is 6.21 Å². The molecule has 12 nitrogen and oxygen atoms in total. The number of hydrogen-bond donors (Lipinski definition) is 1. The molecule has 0 spiro atoms. The zero-order valence-electron chi connectivity index (χ0n) is 26.2. The number of nitro groups is 1. The van der Waals surface area contributed by atoms with E-state index < -0.39 is 58.6 Å². The third-order valence-electron chi connectivity index (χ3n) is 6.80. The third kappa shape index (κ3) is 16.6. The molecule has 0 aromatic heterocycles. The minimum Gasteiger partial charge on any atom is -0.481 e. The van der Waals surface area contributed by atoms with Crippen molar-refractivity contribution < 1.29 is 38.7 Å². The average molecular weight is 618 g/mol. The van der Waals surface area contributed by atoms with Gasteiger partial charge in [0.2, 0.25) is 5.78 Å². The maximum Gasteiger partial charge on any atom is 0.379 e. The number of esters is 2. The lowest BCUT2D eigenvalue weighted by Crippen LogP contribution is -2.31. The Morgan fingerprint density at radius 1 is 0.977 bits per heavy atom.